The molecule has 21 heavy (non-hydrogen) atoms. The number of aromatic nitrogens is 2. The number of nitrogens with zero attached hydrogens (tertiary/aromatic N) is 3. The van der Waals surface area contributed by atoms with Crippen LogP contribution in [0.2, 0.25) is 10.0 Å². The van der Waals surface area contributed by atoms with Crippen molar-refractivity contribution >= 4 is 34.9 Å². The van der Waals surface area contributed by atoms with Gasteiger partial charge >= 0.3 is 6.03 Å². The quantitative estimate of drug-likeness (QED) is 0.936. The van der Waals surface area contributed by atoms with E-state index in [-0.39, 0.29) is 6.03 Å². The molecule has 1 N–H and O–H groups in total. The molecule has 0 radical (unpaired) electrons. The lowest BCUT2D eigenvalue weighted by Crippen LogP contribution is -2.33. The van der Waals surface area contributed by atoms with E-state index in [1.807, 2.05) is 0 Å². The summed E-state index contributed by atoms with van der Waals surface area (Å²) in [7, 11) is 1.71. The van der Waals surface area contributed by atoms with Gasteiger partial charge in [-0.1, -0.05) is 23.2 Å². The van der Waals surface area contributed by atoms with E-state index in [1.54, 1.807) is 48.7 Å². The highest BCUT2D eigenvalue weighted by Crippen LogP contribution is 2.25. The summed E-state index contributed by atoms with van der Waals surface area (Å²) in [6.07, 6.45) is 5.57. The lowest BCUT2D eigenvalue weighted by Gasteiger charge is -2.17. The Hall–Kier alpha value is -1.85. The molecular weight excluding hydrogens is 311 g/mol. The van der Waals surface area contributed by atoms with Gasteiger partial charge in [0.25, 0.3) is 0 Å². The van der Waals surface area contributed by atoms with Crippen LogP contribution >= 0.6 is 23.2 Å². The first kappa shape index (κ1) is 15.5. The van der Waals surface area contributed by atoms with Crippen LogP contribution in [0.4, 0.5) is 10.5 Å². The van der Waals surface area contributed by atoms with Crippen molar-refractivity contribution in [2.24, 2.45) is 0 Å². The molecule has 0 aliphatic carbocycles. The van der Waals surface area contributed by atoms with E-state index in [9.17, 15) is 4.79 Å². The summed E-state index contributed by atoms with van der Waals surface area (Å²) in [6, 6.07) is 4.72. The Morgan fingerprint density at radius 1 is 1.29 bits per heavy atom. The molecule has 110 valence electrons. The number of benzene rings is 1. The van der Waals surface area contributed by atoms with Gasteiger partial charge in [0.05, 0.1) is 15.7 Å². The molecule has 0 saturated carbocycles. The molecule has 2 amide bonds. The number of carbonyl (C=O) groups excluding carboxylic acids is 1. The third-order valence-electron chi connectivity index (χ3n) is 2.84. The highest BCUT2D eigenvalue weighted by molar-refractivity contribution is 6.42. The maximum absolute atomic E-state index is 12.0. The van der Waals surface area contributed by atoms with Gasteiger partial charge in [-0.3, -0.25) is 9.97 Å². The first-order valence-corrected chi connectivity index (χ1v) is 7.04. The Labute approximate surface area is 132 Å². The second kappa shape index (κ2) is 7.24. The maximum Gasteiger partial charge on any atom is 0.321 e. The normalized spacial score (nSPS) is 10.2. The molecular formula is C14H14Cl2N4O. The minimum Gasteiger partial charge on any atom is -0.327 e. The number of amides is 2. The molecule has 0 spiro atoms. The summed E-state index contributed by atoms with van der Waals surface area (Å²) in [4.78, 5) is 21.7. The largest absolute Gasteiger partial charge is 0.327 e. The number of urea groups is 1. The second-order valence-electron chi connectivity index (χ2n) is 4.43. The van der Waals surface area contributed by atoms with Crippen LogP contribution in [0.3, 0.4) is 0 Å². The molecule has 0 fully saturated rings. The fourth-order valence-electron chi connectivity index (χ4n) is 1.64. The zero-order valence-electron chi connectivity index (χ0n) is 11.4. The first-order chi connectivity index (χ1) is 10.1. The molecule has 5 nitrogen and oxygen atoms in total. The number of anilines is 1. The highest BCUT2D eigenvalue weighted by Gasteiger charge is 2.10. The predicted molar refractivity (Wildman–Crippen MR) is 83.8 cm³/mol. The molecule has 7 heteroatoms. The fourth-order valence-corrected chi connectivity index (χ4v) is 1.93. The van der Waals surface area contributed by atoms with E-state index in [1.165, 1.54) is 0 Å². The molecule has 0 aliphatic heterocycles. The zero-order valence-corrected chi connectivity index (χ0v) is 12.9. The zero-order chi connectivity index (χ0) is 15.2. The number of halogens is 2. The highest BCUT2D eigenvalue weighted by atomic mass is 35.5. The first-order valence-electron chi connectivity index (χ1n) is 6.28. The van der Waals surface area contributed by atoms with Crippen LogP contribution < -0.4 is 5.32 Å². The maximum atomic E-state index is 12.0. The molecule has 0 saturated heterocycles. The number of hydrogen-bond acceptors (Lipinski definition) is 3. The predicted octanol–water partition coefficient (Wildman–Crippen LogP) is 3.49. The Balaban J connectivity index is 1.89. The molecule has 1 aromatic heterocycles. The Morgan fingerprint density at radius 3 is 2.76 bits per heavy atom. The van der Waals surface area contributed by atoms with E-state index in [0.29, 0.717) is 28.7 Å². The van der Waals surface area contributed by atoms with Crippen LogP contribution in [0.15, 0.2) is 36.8 Å². The average Bonchev–Trinajstić information content (AvgIpc) is 2.49. The van der Waals surface area contributed by atoms with Crippen LogP contribution in [-0.2, 0) is 6.42 Å². The summed E-state index contributed by atoms with van der Waals surface area (Å²) >= 11 is 11.7. The van der Waals surface area contributed by atoms with Crippen molar-refractivity contribution in [2.75, 3.05) is 18.9 Å². The van der Waals surface area contributed by atoms with Crippen molar-refractivity contribution in [2.45, 2.75) is 6.42 Å². The lowest BCUT2D eigenvalue weighted by molar-refractivity contribution is 0.223. The van der Waals surface area contributed by atoms with Gasteiger partial charge in [0.2, 0.25) is 0 Å². The fraction of sp³-hybridized carbons (Fsp3) is 0.214. The van der Waals surface area contributed by atoms with Crippen molar-refractivity contribution < 1.29 is 4.79 Å². The monoisotopic (exact) mass is 324 g/mol. The van der Waals surface area contributed by atoms with Gasteiger partial charge in [0.15, 0.2) is 0 Å². The third kappa shape index (κ3) is 4.58. The number of rotatable bonds is 4. The summed E-state index contributed by atoms with van der Waals surface area (Å²) in [6.45, 7) is 0.534. The summed E-state index contributed by atoms with van der Waals surface area (Å²) in [5.74, 6) is 0. The van der Waals surface area contributed by atoms with Crippen molar-refractivity contribution in [3.05, 3.63) is 52.5 Å². The molecule has 1 aromatic carbocycles. The van der Waals surface area contributed by atoms with Gasteiger partial charge < -0.3 is 10.2 Å². The lowest BCUT2D eigenvalue weighted by atomic mass is 10.3. The van der Waals surface area contributed by atoms with Crippen molar-refractivity contribution in [3.63, 3.8) is 0 Å². The molecule has 1 heterocycles. The van der Waals surface area contributed by atoms with E-state index in [2.05, 4.69) is 15.3 Å². The summed E-state index contributed by atoms with van der Waals surface area (Å²) < 4.78 is 0. The van der Waals surface area contributed by atoms with Gasteiger partial charge in [-0.2, -0.15) is 0 Å². The third-order valence-corrected chi connectivity index (χ3v) is 3.58. The number of likely N-dealkylation sites (N-methyl/N-ethyl adjacent to an activating group) is 1. The van der Waals surface area contributed by atoms with Gasteiger partial charge in [-0.05, 0) is 18.2 Å². The summed E-state index contributed by atoms with van der Waals surface area (Å²) in [5.41, 5.74) is 1.44. The van der Waals surface area contributed by atoms with E-state index in [4.69, 9.17) is 23.2 Å². The Kier molecular flexibility index (Phi) is 5.36. The van der Waals surface area contributed by atoms with Crippen molar-refractivity contribution in [3.8, 4) is 0 Å². The second-order valence-corrected chi connectivity index (χ2v) is 5.24. The standard InChI is InChI=1S/C14H14Cl2N4O/c1-20(7-4-11-9-17-5-6-18-11)14(21)19-10-2-3-12(15)13(16)8-10/h2-3,5-6,8-9H,4,7H2,1H3,(H,19,21). The minimum atomic E-state index is -0.225. The van der Waals surface area contributed by atoms with Gasteiger partial charge in [0, 0.05) is 44.3 Å². The molecule has 0 atom stereocenters. The van der Waals surface area contributed by atoms with Crippen LogP contribution in [-0.4, -0.2) is 34.5 Å². The van der Waals surface area contributed by atoms with Gasteiger partial charge in [-0.25, -0.2) is 4.79 Å². The van der Waals surface area contributed by atoms with E-state index >= 15 is 0 Å². The van der Waals surface area contributed by atoms with Crippen LogP contribution in [0, 0.1) is 0 Å². The number of nitrogens with one attached hydrogen (secondary N) is 1. The van der Waals surface area contributed by atoms with Crippen LogP contribution in [0.25, 0.3) is 0 Å². The topological polar surface area (TPSA) is 58.1 Å². The van der Waals surface area contributed by atoms with E-state index < -0.39 is 0 Å². The Morgan fingerprint density at radius 2 is 2.10 bits per heavy atom. The van der Waals surface area contributed by atoms with Crippen molar-refractivity contribution in [1.29, 1.82) is 0 Å². The number of hydrogen-bond donors (Lipinski definition) is 1. The SMILES string of the molecule is CN(CCc1cnccn1)C(=O)Nc1ccc(Cl)c(Cl)c1. The Bertz CT molecular complexity index is 622. The summed E-state index contributed by atoms with van der Waals surface area (Å²) in [5, 5.41) is 3.60. The average molecular weight is 325 g/mol. The minimum absolute atomic E-state index is 0.225. The van der Waals surface area contributed by atoms with Gasteiger partial charge in [0.1, 0.15) is 0 Å². The smallest absolute Gasteiger partial charge is 0.321 e. The van der Waals surface area contributed by atoms with Gasteiger partial charge in [-0.15, -0.1) is 0 Å². The van der Waals surface area contributed by atoms with Crippen LogP contribution in [0.1, 0.15) is 5.69 Å². The molecule has 0 bridgehead atoms. The van der Waals surface area contributed by atoms with E-state index in [0.717, 1.165) is 5.69 Å². The number of carbonyl (C=O) groups is 1. The molecule has 2 rings (SSSR count). The van der Waals surface area contributed by atoms with Crippen molar-refractivity contribution in [1.82, 2.24) is 14.9 Å². The molecule has 2 aromatic rings. The molecule has 0 aliphatic rings. The molecule has 0 unspecified atom stereocenters. The van der Waals surface area contributed by atoms with Crippen LogP contribution in [0.5, 0.6) is 0 Å².